The lowest BCUT2D eigenvalue weighted by Crippen LogP contribution is -2.69. The van der Waals surface area contributed by atoms with Crippen LogP contribution in [-0.4, -0.2) is 221 Å². The maximum absolute atomic E-state index is 12.0. The van der Waals surface area contributed by atoms with E-state index >= 15 is 0 Å². The second-order valence-corrected chi connectivity index (χ2v) is 11.9. The number of carbonyl (C=O) groups excluding carboxylic acids is 1. The first-order chi connectivity index (χ1) is 22.6. The van der Waals surface area contributed by atoms with Gasteiger partial charge >= 0.3 is 0 Å². The molecule has 4 fully saturated rings. The smallest absolute Gasteiger partial charge is 0.217 e. The van der Waals surface area contributed by atoms with Crippen LogP contribution in [0.5, 0.6) is 0 Å². The summed E-state index contributed by atoms with van der Waals surface area (Å²) < 4.78 is 39.1. The predicted molar refractivity (Wildman–Crippen MR) is 145 cm³/mol. The highest BCUT2D eigenvalue weighted by Crippen LogP contribution is 2.34. The van der Waals surface area contributed by atoms with E-state index in [2.05, 4.69) is 5.32 Å². The standard InChI is InChI=1S/C26H45NO21/c1-6(31)27-11-15(35)12(32)7(2-28)44-24(11)47-21-10(5-42-25-18(38)16(36)13(33)8(3-29)45-25)43-23(41)20(40)22(21)48-26-19(39)17(37)14(34)9(4-30)46-26/h7-26,28-30,32-41H,2-5H2,1H3,(H,27,31)/t7-,8-,9-,10-,11-,12-,13-,14-,15-,16+,17+,18+,19+,20+,21-,22-,23?,24+,25+,26-/m1/s1. The number of aliphatic hydroxyl groups excluding tert-OH is 13. The minimum Gasteiger partial charge on any atom is -0.394 e. The third kappa shape index (κ3) is 8.24. The topological polar surface area (TPSA) is 357 Å². The fourth-order valence-corrected chi connectivity index (χ4v) is 5.83. The van der Waals surface area contributed by atoms with Crippen LogP contribution in [0.25, 0.3) is 0 Å². The molecule has 0 bridgehead atoms. The lowest BCUT2D eigenvalue weighted by atomic mass is 9.95. The van der Waals surface area contributed by atoms with Gasteiger partial charge < -0.3 is 105 Å². The van der Waals surface area contributed by atoms with E-state index in [1.165, 1.54) is 0 Å². The zero-order valence-corrected chi connectivity index (χ0v) is 25.5. The van der Waals surface area contributed by atoms with Crippen molar-refractivity contribution in [3.05, 3.63) is 0 Å². The summed E-state index contributed by atoms with van der Waals surface area (Å²) in [5.41, 5.74) is 0. The van der Waals surface area contributed by atoms with E-state index < -0.39 is 155 Å². The summed E-state index contributed by atoms with van der Waals surface area (Å²) in [5, 5.41) is 136. The molecular formula is C26H45NO21. The van der Waals surface area contributed by atoms with Gasteiger partial charge in [-0.05, 0) is 0 Å². The molecule has 48 heavy (non-hydrogen) atoms. The van der Waals surface area contributed by atoms with Crippen LogP contribution in [0.15, 0.2) is 0 Å². The van der Waals surface area contributed by atoms with Crippen LogP contribution < -0.4 is 5.32 Å². The Kier molecular flexibility index (Phi) is 13.8. The zero-order chi connectivity index (χ0) is 35.6. The second-order valence-electron chi connectivity index (χ2n) is 11.9. The second kappa shape index (κ2) is 16.8. The van der Waals surface area contributed by atoms with Crippen molar-refractivity contribution in [3.8, 4) is 0 Å². The molecule has 4 heterocycles. The van der Waals surface area contributed by atoms with Gasteiger partial charge in [0.25, 0.3) is 0 Å². The highest BCUT2D eigenvalue weighted by Gasteiger charge is 2.55. The Morgan fingerprint density at radius 1 is 0.542 bits per heavy atom. The molecule has 22 heteroatoms. The number of carbonyl (C=O) groups is 1. The predicted octanol–water partition coefficient (Wildman–Crippen LogP) is -9.61. The molecule has 0 aromatic rings. The number of rotatable bonds is 11. The lowest BCUT2D eigenvalue weighted by molar-refractivity contribution is -0.382. The normalized spacial score (nSPS) is 50.2. The molecule has 22 nitrogen and oxygen atoms in total. The highest BCUT2D eigenvalue weighted by atomic mass is 16.8. The Hall–Kier alpha value is -1.33. The SMILES string of the molecule is CC(=O)N[C@H]1[C@H](O[C@H]2[C@H](O[C@H]3O[C@H](CO)[C@@H](O)[C@H](O)[C@@H]3O)[C@H](O)C(O)O[C@@H]2CO[C@H]2O[C@H](CO)[C@@H](O)[C@H](O)[C@@H]2O)O[C@H](CO)[C@@H](O)[C@@H]1O. The minimum atomic E-state index is -2.11. The molecule has 0 spiro atoms. The maximum Gasteiger partial charge on any atom is 0.217 e. The maximum atomic E-state index is 12.0. The first kappa shape index (κ1) is 39.5. The van der Waals surface area contributed by atoms with Gasteiger partial charge in [0, 0.05) is 6.92 Å². The van der Waals surface area contributed by atoms with Gasteiger partial charge in [-0.1, -0.05) is 0 Å². The van der Waals surface area contributed by atoms with Crippen molar-refractivity contribution in [2.45, 2.75) is 130 Å². The van der Waals surface area contributed by atoms with E-state index in [4.69, 9.17) is 33.2 Å². The van der Waals surface area contributed by atoms with E-state index in [0.717, 1.165) is 6.92 Å². The van der Waals surface area contributed by atoms with Gasteiger partial charge in [0.15, 0.2) is 25.2 Å². The van der Waals surface area contributed by atoms with Gasteiger partial charge in [0.05, 0.1) is 26.4 Å². The molecule has 1 unspecified atom stereocenters. The Bertz CT molecular complexity index is 1030. The van der Waals surface area contributed by atoms with E-state index in [-0.39, 0.29) is 0 Å². The fraction of sp³-hybridized carbons (Fsp3) is 0.962. The number of aliphatic hydroxyl groups is 13. The number of hydrogen-bond acceptors (Lipinski definition) is 21. The molecule has 280 valence electrons. The summed E-state index contributed by atoms with van der Waals surface area (Å²) >= 11 is 0. The molecule has 4 saturated heterocycles. The summed E-state index contributed by atoms with van der Waals surface area (Å²) in [4.78, 5) is 12.0. The largest absolute Gasteiger partial charge is 0.394 e. The Morgan fingerprint density at radius 3 is 1.52 bits per heavy atom. The van der Waals surface area contributed by atoms with Crippen LogP contribution >= 0.6 is 0 Å². The van der Waals surface area contributed by atoms with Gasteiger partial charge in [0.2, 0.25) is 5.91 Å². The lowest BCUT2D eigenvalue weighted by Gasteiger charge is -2.49. The van der Waals surface area contributed by atoms with E-state index in [9.17, 15) is 71.2 Å². The molecule has 1 amide bonds. The molecule has 4 aliphatic rings. The van der Waals surface area contributed by atoms with Gasteiger partial charge in [-0.3, -0.25) is 4.79 Å². The number of amides is 1. The molecule has 0 aromatic carbocycles. The molecule has 0 saturated carbocycles. The Balaban J connectivity index is 1.66. The molecule has 4 rings (SSSR count). The van der Waals surface area contributed by atoms with Gasteiger partial charge in [-0.25, -0.2) is 0 Å². The van der Waals surface area contributed by atoms with Crippen LogP contribution in [0.3, 0.4) is 0 Å². The first-order valence-electron chi connectivity index (χ1n) is 15.1. The van der Waals surface area contributed by atoms with Crippen molar-refractivity contribution < 1.29 is 104 Å². The van der Waals surface area contributed by atoms with Crippen LogP contribution in [-0.2, 0) is 38.0 Å². The Labute approximate surface area is 272 Å². The summed E-state index contributed by atoms with van der Waals surface area (Å²) in [7, 11) is 0. The van der Waals surface area contributed by atoms with Crippen molar-refractivity contribution >= 4 is 5.91 Å². The molecule has 0 radical (unpaired) electrons. The number of ether oxygens (including phenoxy) is 7. The van der Waals surface area contributed by atoms with Crippen LogP contribution in [0, 0.1) is 0 Å². The third-order valence-corrected chi connectivity index (χ3v) is 8.59. The summed E-state index contributed by atoms with van der Waals surface area (Å²) in [5.74, 6) is -0.724. The van der Waals surface area contributed by atoms with Gasteiger partial charge in [0.1, 0.15) is 97.6 Å². The van der Waals surface area contributed by atoms with Crippen molar-refractivity contribution in [3.63, 3.8) is 0 Å². The number of hydrogen-bond donors (Lipinski definition) is 14. The molecule has 20 atom stereocenters. The first-order valence-corrected chi connectivity index (χ1v) is 15.1. The van der Waals surface area contributed by atoms with Gasteiger partial charge in [-0.15, -0.1) is 0 Å². The van der Waals surface area contributed by atoms with Crippen LogP contribution in [0.2, 0.25) is 0 Å². The van der Waals surface area contributed by atoms with Crippen molar-refractivity contribution in [2.24, 2.45) is 0 Å². The quantitative estimate of drug-likeness (QED) is 0.0947. The molecule has 14 N–H and O–H groups in total. The van der Waals surface area contributed by atoms with E-state index in [1.807, 2.05) is 0 Å². The van der Waals surface area contributed by atoms with E-state index in [0.29, 0.717) is 0 Å². The average Bonchev–Trinajstić information content (AvgIpc) is 3.06. The summed E-state index contributed by atoms with van der Waals surface area (Å²) in [6.45, 7) is -2.18. The third-order valence-electron chi connectivity index (χ3n) is 8.59. The molecule has 4 aliphatic heterocycles. The summed E-state index contributed by atoms with van der Waals surface area (Å²) in [6, 6.07) is -1.55. The summed E-state index contributed by atoms with van der Waals surface area (Å²) in [6.07, 6.45) is -33.9. The molecule has 0 aliphatic carbocycles. The number of nitrogens with one attached hydrogen (secondary N) is 1. The van der Waals surface area contributed by atoms with Crippen LogP contribution in [0.1, 0.15) is 6.92 Å². The van der Waals surface area contributed by atoms with E-state index in [1.54, 1.807) is 0 Å². The Morgan fingerprint density at radius 2 is 1.00 bits per heavy atom. The highest BCUT2D eigenvalue weighted by molar-refractivity contribution is 5.73. The van der Waals surface area contributed by atoms with Crippen LogP contribution in [0.4, 0.5) is 0 Å². The van der Waals surface area contributed by atoms with Crippen molar-refractivity contribution in [1.29, 1.82) is 0 Å². The molecular weight excluding hydrogens is 662 g/mol. The molecule has 0 aromatic heterocycles. The minimum absolute atomic E-state index is 0.724. The zero-order valence-electron chi connectivity index (χ0n) is 25.5. The van der Waals surface area contributed by atoms with Crippen molar-refractivity contribution in [2.75, 3.05) is 26.4 Å². The fourth-order valence-electron chi connectivity index (χ4n) is 5.83. The van der Waals surface area contributed by atoms with Crippen molar-refractivity contribution in [1.82, 2.24) is 5.32 Å². The van der Waals surface area contributed by atoms with Gasteiger partial charge in [-0.2, -0.15) is 0 Å². The monoisotopic (exact) mass is 707 g/mol. The average molecular weight is 708 g/mol.